The van der Waals surface area contributed by atoms with Gasteiger partial charge < -0.3 is 9.47 Å². The number of sulfone groups is 1. The first-order chi connectivity index (χ1) is 23.7. The Hall–Kier alpha value is -3.22. The third kappa shape index (κ3) is 9.97. The van der Waals surface area contributed by atoms with Crippen molar-refractivity contribution in [2.24, 2.45) is 28.6 Å². The first-order valence-electron chi connectivity index (χ1n) is 17.5. The van der Waals surface area contributed by atoms with E-state index in [1.807, 2.05) is 0 Å². The maximum atomic E-state index is 12.9. The Morgan fingerprint density at radius 3 is 2.52 bits per heavy atom. The third-order valence-electron chi connectivity index (χ3n) is 10.6. The fourth-order valence-electron chi connectivity index (χ4n) is 7.35. The highest BCUT2D eigenvalue weighted by Gasteiger charge is 2.46. The topological polar surface area (TPSA) is 142 Å². The van der Waals surface area contributed by atoms with E-state index in [0.717, 1.165) is 51.7 Å². The zero-order chi connectivity index (χ0) is 36.5. The Bertz CT molecular complexity index is 1650. The molecule has 0 amide bonds. The summed E-state index contributed by atoms with van der Waals surface area (Å²) in [6.07, 6.45) is 7.72. The highest BCUT2D eigenvalue weighted by molar-refractivity contribution is 7.91. The largest absolute Gasteiger partial charge is 0.465 e. The third-order valence-corrected chi connectivity index (χ3v) is 13.1. The normalized spacial score (nSPS) is 22.2. The van der Waals surface area contributed by atoms with Crippen LogP contribution in [0.1, 0.15) is 78.6 Å². The predicted octanol–water partition coefficient (Wildman–Crippen LogP) is 6.55. The molecule has 0 radical (unpaired) electrons. The maximum absolute atomic E-state index is 12.9. The molecule has 1 aliphatic carbocycles. The van der Waals surface area contributed by atoms with Crippen molar-refractivity contribution in [1.82, 2.24) is 10.1 Å². The number of esters is 1. The molecule has 1 N–H and O–H groups in total. The minimum absolute atomic E-state index is 0.00266. The number of Topliss-reactive ketones (excluding diaryl/α,β-unsaturated/α-hetero) is 1. The van der Waals surface area contributed by atoms with Crippen molar-refractivity contribution in [3.8, 4) is 5.88 Å². The highest BCUT2D eigenvalue weighted by atomic mass is 35.5. The van der Waals surface area contributed by atoms with Crippen LogP contribution in [0.5, 0.6) is 5.88 Å². The molecule has 1 aromatic carbocycles. The van der Waals surface area contributed by atoms with E-state index in [1.54, 1.807) is 6.07 Å². The molecular weight excluding hydrogens is 682 g/mol. The zero-order valence-corrected chi connectivity index (χ0v) is 31.2. The van der Waals surface area contributed by atoms with Gasteiger partial charge in [-0.1, -0.05) is 61.8 Å². The molecule has 2 aromatic rings. The average Bonchev–Trinajstić information content (AvgIpc) is 3.49. The number of allylic oxidation sites excluding steroid dienone is 1. The van der Waals surface area contributed by atoms with Crippen LogP contribution in [0.4, 0.5) is 0 Å². The number of benzene rings is 1. The number of H-pyrrole nitrogens is 1. The lowest BCUT2D eigenvalue weighted by Crippen LogP contribution is -2.44. The van der Waals surface area contributed by atoms with Crippen molar-refractivity contribution in [3.63, 3.8) is 0 Å². The molecule has 2 heterocycles. The number of nitrogens with one attached hydrogen (secondary N) is 1. The Morgan fingerprint density at radius 1 is 1.16 bits per heavy atom. The van der Waals surface area contributed by atoms with Crippen molar-refractivity contribution in [1.29, 1.82) is 0 Å². The fourth-order valence-corrected chi connectivity index (χ4v) is 8.85. The van der Waals surface area contributed by atoms with Crippen LogP contribution in [0.3, 0.4) is 0 Å². The lowest BCUT2D eigenvalue weighted by Gasteiger charge is -2.50. The molecule has 1 saturated carbocycles. The van der Waals surface area contributed by atoms with Crippen LogP contribution >= 0.6 is 11.6 Å². The van der Waals surface area contributed by atoms with Gasteiger partial charge in [-0.2, -0.15) is 0 Å². The van der Waals surface area contributed by atoms with Crippen molar-refractivity contribution in [3.05, 3.63) is 60.0 Å². The fraction of sp³-hybridized carbons (Fsp3) is 0.622. The number of alkyl halides is 1. The molecule has 13 heteroatoms. The Morgan fingerprint density at radius 2 is 1.86 bits per heavy atom. The summed E-state index contributed by atoms with van der Waals surface area (Å²) < 4.78 is 41.1. The van der Waals surface area contributed by atoms with E-state index in [9.17, 15) is 22.9 Å². The van der Waals surface area contributed by atoms with Gasteiger partial charge in [-0.3, -0.25) is 14.5 Å². The zero-order valence-electron chi connectivity index (χ0n) is 29.7. The second-order valence-corrected chi connectivity index (χ2v) is 16.9. The van der Waals surface area contributed by atoms with E-state index < -0.39 is 20.8 Å². The van der Waals surface area contributed by atoms with Crippen LogP contribution in [-0.4, -0.2) is 69.0 Å². The van der Waals surface area contributed by atoms with Gasteiger partial charge in [0.1, 0.15) is 5.78 Å². The summed E-state index contributed by atoms with van der Waals surface area (Å²) in [4.78, 5) is 39.2. The molecule has 0 unspecified atom stereocenters. The van der Waals surface area contributed by atoms with Crippen LogP contribution in [0, 0.1) is 33.5 Å². The Kier molecular flexibility index (Phi) is 13.7. The number of aromatic nitrogens is 2. The Labute approximate surface area is 300 Å². The minimum atomic E-state index is -4.20. The molecule has 1 aromatic heterocycles. The lowest BCUT2D eigenvalue weighted by molar-refractivity contribution is -0.744. The lowest BCUT2D eigenvalue weighted by atomic mass is 9.55. The monoisotopic (exact) mass is 734 g/mol. The second-order valence-electron chi connectivity index (χ2n) is 14.8. The second kappa shape index (κ2) is 17.3. The van der Waals surface area contributed by atoms with Gasteiger partial charge in [0.25, 0.3) is 9.84 Å². The number of ether oxygens (including phenoxy) is 2. The SMILES string of the molecule is C=C[C@]1(C)CC[C@@H](C(=C)CN2CCC(COC(=O)CCC(=O)CCCOc3[nH]o[n+](=O)c3S(=O)(=O)c3ccccc3)CC2)C[C@H]1C(C)(C)CCl. The van der Waals surface area contributed by atoms with E-state index in [4.69, 9.17) is 21.1 Å². The summed E-state index contributed by atoms with van der Waals surface area (Å²) in [6, 6.07) is 7.43. The van der Waals surface area contributed by atoms with Gasteiger partial charge in [0, 0.05) is 25.3 Å². The van der Waals surface area contributed by atoms with Crippen LogP contribution in [-0.2, 0) is 24.2 Å². The van der Waals surface area contributed by atoms with Crippen LogP contribution in [0.2, 0.25) is 0 Å². The smallest absolute Gasteiger partial charge is 0.404 e. The number of rotatable bonds is 18. The molecule has 0 spiro atoms. The van der Waals surface area contributed by atoms with Crippen molar-refractivity contribution < 1.29 is 36.7 Å². The number of piperidine rings is 1. The summed E-state index contributed by atoms with van der Waals surface area (Å²) in [5.74, 6) is 0.945. The van der Waals surface area contributed by atoms with Crippen molar-refractivity contribution in [2.45, 2.75) is 88.5 Å². The first-order valence-corrected chi connectivity index (χ1v) is 19.6. The molecule has 3 atom stereocenters. The number of carbonyl (C=O) groups excluding carboxylic acids is 2. The van der Waals surface area contributed by atoms with Crippen LogP contribution in [0.15, 0.2) is 69.7 Å². The highest BCUT2D eigenvalue weighted by Crippen LogP contribution is 2.53. The molecule has 50 heavy (non-hydrogen) atoms. The van der Waals surface area contributed by atoms with Gasteiger partial charge in [0.2, 0.25) is 4.60 Å². The van der Waals surface area contributed by atoms with Gasteiger partial charge in [0.15, 0.2) is 0 Å². The van der Waals surface area contributed by atoms with Crippen LogP contribution < -0.4 is 9.34 Å². The summed E-state index contributed by atoms with van der Waals surface area (Å²) in [5.41, 5.74) is 1.40. The van der Waals surface area contributed by atoms with E-state index in [0.29, 0.717) is 24.3 Å². The van der Waals surface area contributed by atoms with E-state index in [-0.39, 0.29) is 70.2 Å². The van der Waals surface area contributed by atoms with Crippen molar-refractivity contribution >= 4 is 33.2 Å². The summed E-state index contributed by atoms with van der Waals surface area (Å²) in [5, 5.41) is 1.47. The quantitative estimate of drug-likeness (QED) is 0.0781. The molecule has 1 aliphatic heterocycles. The van der Waals surface area contributed by atoms with Crippen LogP contribution in [0.25, 0.3) is 0 Å². The average molecular weight is 735 g/mol. The maximum Gasteiger partial charge on any atom is 0.404 e. The number of likely N-dealkylation sites (tertiary alicyclic amines) is 1. The van der Waals surface area contributed by atoms with E-state index in [1.165, 1.54) is 29.8 Å². The summed E-state index contributed by atoms with van der Waals surface area (Å²) in [6.45, 7) is 18.6. The van der Waals surface area contributed by atoms with Gasteiger partial charge in [-0.05, 0) is 102 Å². The van der Waals surface area contributed by atoms with Crippen molar-refractivity contribution in [2.75, 3.05) is 38.7 Å². The Balaban J connectivity index is 1.11. The summed E-state index contributed by atoms with van der Waals surface area (Å²) in [7, 11) is -4.20. The predicted molar refractivity (Wildman–Crippen MR) is 190 cm³/mol. The standard InChI is InChI=1S/C37H53ClN3O8S/c1-6-37(5)19-16-29(23-32(37)36(3,4)26-38)27(2)24-40-20-17-28(18-21-40)25-48-33(43)15-14-30(42)11-10-22-47-34-35(41(44)49-39-34)50(45,46)31-12-8-7-9-13-31/h6-9,12-13,28-29,32,39H,1-2,10-11,14-26H2,3-5H3/q+1/t29-,32+,37-/m1/s1. The number of aromatic amines is 1. The number of hydrogen-bond donors (Lipinski definition) is 1. The van der Waals surface area contributed by atoms with Gasteiger partial charge in [-0.25, -0.2) is 8.42 Å². The number of nitrogens with zero attached hydrogens (tertiary/aromatic N) is 2. The first kappa shape index (κ1) is 39.6. The van der Waals surface area contributed by atoms with E-state index in [2.05, 4.69) is 54.7 Å². The van der Waals surface area contributed by atoms with E-state index >= 15 is 0 Å². The molecular formula is C37H53ClN3O8S+. The van der Waals surface area contributed by atoms with Gasteiger partial charge in [0.05, 0.1) is 24.5 Å². The van der Waals surface area contributed by atoms with Gasteiger partial charge >= 0.3 is 16.9 Å². The molecule has 2 aliphatic rings. The number of halogens is 1. The molecule has 276 valence electrons. The molecule has 2 fully saturated rings. The number of hydrogen-bond acceptors (Lipinski definition) is 9. The number of ketones is 1. The molecule has 1 saturated heterocycles. The molecule has 4 rings (SSSR count). The number of carbonyl (C=O) groups is 2. The minimum Gasteiger partial charge on any atom is -0.465 e. The molecule has 11 nitrogen and oxygen atoms in total. The summed E-state index contributed by atoms with van der Waals surface area (Å²) >= 11 is 6.41. The molecule has 0 bridgehead atoms. The van der Waals surface area contributed by atoms with Gasteiger partial charge in [-0.15, -0.1) is 18.2 Å².